The van der Waals surface area contributed by atoms with E-state index >= 15 is 0 Å². The fraction of sp³-hybridized carbons (Fsp3) is 0.154. The van der Waals surface area contributed by atoms with E-state index < -0.39 is 23.4 Å². The Morgan fingerprint density at radius 3 is 2.55 bits per heavy atom. The molecule has 116 valence electrons. The van der Waals surface area contributed by atoms with Gasteiger partial charge in [0, 0.05) is 11.6 Å². The maximum Gasteiger partial charge on any atom is 0.422 e. The zero-order valence-electron chi connectivity index (χ0n) is 10.8. The quantitative estimate of drug-likeness (QED) is 0.478. The Morgan fingerprint density at radius 1 is 1.27 bits per heavy atom. The number of nitro benzene ring substituents is 1. The van der Waals surface area contributed by atoms with Crippen LogP contribution in [0.1, 0.15) is 10.6 Å². The summed E-state index contributed by atoms with van der Waals surface area (Å²) < 4.78 is 46.1. The van der Waals surface area contributed by atoms with Crippen molar-refractivity contribution in [3.63, 3.8) is 0 Å². The van der Waals surface area contributed by atoms with Gasteiger partial charge in [0.25, 0.3) is 5.69 Å². The SMILES string of the molecule is O=Cc1ccc(-c2cc(OCC(F)(F)F)cc([N+](=O)[O-])c2)o1. The minimum Gasteiger partial charge on any atom is -0.484 e. The second-order valence-corrected chi connectivity index (χ2v) is 4.20. The molecule has 0 radical (unpaired) electrons. The first-order valence-corrected chi connectivity index (χ1v) is 5.83. The van der Waals surface area contributed by atoms with Crippen LogP contribution in [-0.4, -0.2) is 24.0 Å². The summed E-state index contributed by atoms with van der Waals surface area (Å²) in [6.07, 6.45) is -4.14. The number of rotatable bonds is 5. The zero-order valence-corrected chi connectivity index (χ0v) is 10.8. The number of ether oxygens (including phenoxy) is 1. The summed E-state index contributed by atoms with van der Waals surface area (Å²) in [5, 5.41) is 10.8. The fourth-order valence-electron chi connectivity index (χ4n) is 1.65. The summed E-state index contributed by atoms with van der Waals surface area (Å²) in [5.41, 5.74) is -0.335. The third-order valence-corrected chi connectivity index (χ3v) is 2.53. The number of nitro groups is 1. The lowest BCUT2D eigenvalue weighted by atomic mass is 10.1. The highest BCUT2D eigenvalue weighted by molar-refractivity contribution is 5.73. The lowest BCUT2D eigenvalue weighted by Gasteiger charge is -2.10. The molecule has 1 aromatic carbocycles. The summed E-state index contributed by atoms with van der Waals surface area (Å²) in [6.45, 7) is -1.58. The van der Waals surface area contributed by atoms with Gasteiger partial charge in [-0.15, -0.1) is 0 Å². The van der Waals surface area contributed by atoms with Gasteiger partial charge in [0.15, 0.2) is 18.7 Å². The van der Waals surface area contributed by atoms with Crippen molar-refractivity contribution in [2.75, 3.05) is 6.61 Å². The van der Waals surface area contributed by atoms with Gasteiger partial charge in [-0.3, -0.25) is 14.9 Å². The zero-order chi connectivity index (χ0) is 16.3. The van der Waals surface area contributed by atoms with Crippen LogP contribution in [0.25, 0.3) is 11.3 Å². The van der Waals surface area contributed by atoms with E-state index in [1.54, 1.807) is 0 Å². The second kappa shape index (κ2) is 5.88. The molecule has 2 aromatic rings. The summed E-state index contributed by atoms with van der Waals surface area (Å²) in [4.78, 5) is 20.6. The van der Waals surface area contributed by atoms with E-state index in [4.69, 9.17) is 4.42 Å². The summed E-state index contributed by atoms with van der Waals surface area (Å²) in [5.74, 6) is -0.243. The van der Waals surface area contributed by atoms with E-state index in [1.807, 2.05) is 0 Å². The molecule has 0 aliphatic carbocycles. The van der Waals surface area contributed by atoms with Gasteiger partial charge in [-0.2, -0.15) is 13.2 Å². The first-order chi connectivity index (χ1) is 10.3. The van der Waals surface area contributed by atoms with Crippen molar-refractivity contribution in [1.29, 1.82) is 0 Å². The summed E-state index contributed by atoms with van der Waals surface area (Å²) >= 11 is 0. The number of aldehydes is 1. The number of carbonyl (C=O) groups excluding carboxylic acids is 1. The molecule has 6 nitrogen and oxygen atoms in total. The third kappa shape index (κ3) is 3.84. The predicted molar refractivity (Wildman–Crippen MR) is 67.7 cm³/mol. The number of halogens is 3. The van der Waals surface area contributed by atoms with Gasteiger partial charge >= 0.3 is 6.18 Å². The highest BCUT2D eigenvalue weighted by atomic mass is 19.4. The Balaban J connectivity index is 2.38. The maximum atomic E-state index is 12.2. The highest BCUT2D eigenvalue weighted by Gasteiger charge is 2.29. The number of hydrogen-bond acceptors (Lipinski definition) is 5. The van der Waals surface area contributed by atoms with Crippen LogP contribution in [0.2, 0.25) is 0 Å². The van der Waals surface area contributed by atoms with E-state index in [1.165, 1.54) is 12.1 Å². The minimum atomic E-state index is -4.57. The van der Waals surface area contributed by atoms with Crippen LogP contribution in [0.4, 0.5) is 18.9 Å². The summed E-state index contributed by atoms with van der Waals surface area (Å²) in [6, 6.07) is 5.84. The molecule has 0 spiro atoms. The van der Waals surface area contributed by atoms with Crippen LogP contribution >= 0.6 is 0 Å². The van der Waals surface area contributed by atoms with Gasteiger partial charge < -0.3 is 9.15 Å². The molecule has 1 aromatic heterocycles. The van der Waals surface area contributed by atoms with E-state index in [2.05, 4.69) is 4.74 Å². The number of non-ortho nitro benzene ring substituents is 1. The van der Waals surface area contributed by atoms with Crippen molar-refractivity contribution < 1.29 is 32.0 Å². The second-order valence-electron chi connectivity index (χ2n) is 4.20. The predicted octanol–water partition coefficient (Wildman–Crippen LogP) is 3.61. The summed E-state index contributed by atoms with van der Waals surface area (Å²) in [7, 11) is 0. The monoisotopic (exact) mass is 315 g/mol. The average Bonchev–Trinajstić information content (AvgIpc) is 2.93. The molecule has 0 bridgehead atoms. The molecule has 9 heteroatoms. The van der Waals surface area contributed by atoms with Crippen molar-refractivity contribution in [3.8, 4) is 17.1 Å². The molecule has 22 heavy (non-hydrogen) atoms. The molecule has 0 aliphatic rings. The molecule has 2 rings (SSSR count). The van der Waals surface area contributed by atoms with E-state index in [9.17, 15) is 28.1 Å². The van der Waals surface area contributed by atoms with Gasteiger partial charge in [-0.25, -0.2) is 0 Å². The molecular weight excluding hydrogens is 307 g/mol. The molecule has 0 saturated carbocycles. The molecule has 0 fully saturated rings. The molecule has 1 heterocycles. The first-order valence-electron chi connectivity index (χ1n) is 5.83. The Morgan fingerprint density at radius 2 is 2.00 bits per heavy atom. The number of benzene rings is 1. The topological polar surface area (TPSA) is 82.6 Å². The number of furan rings is 1. The normalized spacial score (nSPS) is 11.2. The van der Waals surface area contributed by atoms with Gasteiger partial charge in [0.05, 0.1) is 11.0 Å². The number of nitrogens with zero attached hydrogens (tertiary/aromatic N) is 1. The van der Waals surface area contributed by atoms with Crippen LogP contribution < -0.4 is 4.74 Å². The maximum absolute atomic E-state index is 12.2. The Kier molecular flexibility index (Phi) is 4.15. The first kappa shape index (κ1) is 15.5. The van der Waals surface area contributed by atoms with E-state index in [0.717, 1.165) is 18.2 Å². The van der Waals surface area contributed by atoms with Crippen molar-refractivity contribution in [2.24, 2.45) is 0 Å². The Hall–Kier alpha value is -2.84. The van der Waals surface area contributed by atoms with Crippen LogP contribution in [0, 0.1) is 10.1 Å². The highest BCUT2D eigenvalue weighted by Crippen LogP contribution is 2.31. The Labute approximate surface area is 121 Å². The van der Waals surface area contributed by atoms with E-state index in [-0.39, 0.29) is 22.8 Å². The molecule has 0 amide bonds. The van der Waals surface area contributed by atoms with Gasteiger partial charge in [-0.1, -0.05) is 0 Å². The molecule has 0 saturated heterocycles. The molecule has 0 N–H and O–H groups in total. The van der Waals surface area contributed by atoms with Gasteiger partial charge in [0.1, 0.15) is 11.5 Å². The molecular formula is C13H8F3NO5. The van der Waals surface area contributed by atoms with Crippen molar-refractivity contribution >= 4 is 12.0 Å². The standard InChI is InChI=1S/C13H8F3NO5/c14-13(15,16)7-21-11-4-8(3-9(5-11)17(19)20)12-2-1-10(6-18)22-12/h1-6H,7H2. The lowest BCUT2D eigenvalue weighted by Crippen LogP contribution is -2.19. The lowest BCUT2D eigenvalue weighted by molar-refractivity contribution is -0.384. The number of alkyl halides is 3. The van der Waals surface area contributed by atoms with Crippen LogP contribution in [0.5, 0.6) is 5.75 Å². The van der Waals surface area contributed by atoms with Crippen LogP contribution in [0.3, 0.4) is 0 Å². The van der Waals surface area contributed by atoms with Gasteiger partial charge in [0.2, 0.25) is 0 Å². The molecule has 0 atom stereocenters. The minimum absolute atomic E-state index is 0.0146. The molecule has 0 unspecified atom stereocenters. The number of hydrogen-bond donors (Lipinski definition) is 0. The van der Waals surface area contributed by atoms with Crippen LogP contribution in [-0.2, 0) is 0 Å². The van der Waals surface area contributed by atoms with Crippen molar-refractivity contribution in [1.82, 2.24) is 0 Å². The van der Waals surface area contributed by atoms with E-state index in [0.29, 0.717) is 6.29 Å². The Bertz CT molecular complexity index is 708. The van der Waals surface area contributed by atoms with Gasteiger partial charge in [-0.05, 0) is 18.2 Å². The van der Waals surface area contributed by atoms with Crippen LogP contribution in [0.15, 0.2) is 34.7 Å². The third-order valence-electron chi connectivity index (χ3n) is 2.53. The van der Waals surface area contributed by atoms with Crippen molar-refractivity contribution in [2.45, 2.75) is 6.18 Å². The largest absolute Gasteiger partial charge is 0.484 e. The average molecular weight is 315 g/mol. The fourth-order valence-corrected chi connectivity index (χ4v) is 1.65. The van der Waals surface area contributed by atoms with Crippen molar-refractivity contribution in [3.05, 3.63) is 46.2 Å². The molecule has 0 aliphatic heterocycles. The smallest absolute Gasteiger partial charge is 0.422 e. The number of carbonyl (C=O) groups is 1.